The first-order valence-corrected chi connectivity index (χ1v) is 8.43. The van der Waals surface area contributed by atoms with E-state index in [1.165, 1.54) is 12.8 Å². The molecule has 1 atom stereocenters. The second-order valence-corrected chi connectivity index (χ2v) is 6.47. The average Bonchev–Trinajstić information content (AvgIpc) is 2.97. The molecule has 0 aliphatic carbocycles. The van der Waals surface area contributed by atoms with Crippen LogP contribution in [0.25, 0.3) is 0 Å². The first-order valence-electron chi connectivity index (χ1n) is 8.06. The highest BCUT2D eigenvalue weighted by molar-refractivity contribution is 6.31. The van der Waals surface area contributed by atoms with Crippen molar-refractivity contribution in [1.29, 1.82) is 0 Å². The van der Waals surface area contributed by atoms with Crippen molar-refractivity contribution in [1.82, 2.24) is 15.0 Å². The van der Waals surface area contributed by atoms with Crippen molar-refractivity contribution in [3.63, 3.8) is 0 Å². The topological polar surface area (TPSA) is 51.4 Å². The van der Waals surface area contributed by atoms with E-state index in [2.05, 4.69) is 22.1 Å². The molecule has 3 rings (SSSR count). The lowest BCUT2D eigenvalue weighted by Gasteiger charge is -2.26. The van der Waals surface area contributed by atoms with Crippen LogP contribution >= 0.6 is 11.6 Å². The predicted molar refractivity (Wildman–Crippen MR) is 88.5 cm³/mol. The smallest absolute Gasteiger partial charge is 0.240 e. The van der Waals surface area contributed by atoms with Crippen LogP contribution in [0.4, 0.5) is 0 Å². The van der Waals surface area contributed by atoms with Crippen molar-refractivity contribution in [2.24, 2.45) is 0 Å². The summed E-state index contributed by atoms with van der Waals surface area (Å²) in [6.07, 6.45) is 4.46. The van der Waals surface area contributed by atoms with Gasteiger partial charge in [0.05, 0.1) is 12.6 Å². The molecule has 1 fully saturated rings. The molecule has 23 heavy (non-hydrogen) atoms. The summed E-state index contributed by atoms with van der Waals surface area (Å²) < 4.78 is 11.1. The van der Waals surface area contributed by atoms with Crippen LogP contribution in [0.3, 0.4) is 0 Å². The van der Waals surface area contributed by atoms with Gasteiger partial charge in [0.2, 0.25) is 5.89 Å². The molecule has 0 unspecified atom stereocenters. The minimum Gasteiger partial charge on any atom is -0.377 e. The van der Waals surface area contributed by atoms with E-state index in [0.717, 1.165) is 30.2 Å². The fourth-order valence-electron chi connectivity index (χ4n) is 2.83. The number of hydrogen-bond donors (Lipinski definition) is 0. The number of aromatic nitrogens is 2. The molecule has 6 heteroatoms. The van der Waals surface area contributed by atoms with Crippen molar-refractivity contribution < 1.29 is 9.26 Å². The van der Waals surface area contributed by atoms with E-state index in [-0.39, 0.29) is 0 Å². The van der Waals surface area contributed by atoms with Crippen LogP contribution in [-0.2, 0) is 17.7 Å². The maximum atomic E-state index is 6.17. The third-order valence-corrected chi connectivity index (χ3v) is 4.38. The fourth-order valence-corrected chi connectivity index (χ4v) is 3.04. The molecule has 0 spiro atoms. The Hall–Kier alpha value is -1.43. The molecule has 0 bridgehead atoms. The zero-order valence-electron chi connectivity index (χ0n) is 13.4. The number of hydrogen-bond acceptors (Lipinski definition) is 5. The quantitative estimate of drug-likeness (QED) is 0.810. The van der Waals surface area contributed by atoms with E-state index in [0.29, 0.717) is 30.8 Å². The summed E-state index contributed by atoms with van der Waals surface area (Å²) in [7, 11) is 2.05. The monoisotopic (exact) mass is 335 g/mol. The second kappa shape index (κ2) is 7.90. The molecule has 2 heterocycles. The number of benzene rings is 1. The number of nitrogens with zero attached hydrogens (tertiary/aromatic N) is 3. The van der Waals surface area contributed by atoms with Crippen LogP contribution in [0.15, 0.2) is 28.8 Å². The van der Waals surface area contributed by atoms with Crippen LogP contribution in [0, 0.1) is 0 Å². The minimum atomic E-state index is 0.319. The number of halogens is 1. The van der Waals surface area contributed by atoms with Gasteiger partial charge >= 0.3 is 0 Å². The number of likely N-dealkylation sites (N-methyl/N-ethyl adjacent to an activating group) is 1. The lowest BCUT2D eigenvalue weighted by molar-refractivity contribution is -0.00382. The van der Waals surface area contributed by atoms with Crippen LogP contribution in [0.1, 0.15) is 36.5 Å². The van der Waals surface area contributed by atoms with Gasteiger partial charge in [-0.3, -0.25) is 4.90 Å². The van der Waals surface area contributed by atoms with Gasteiger partial charge in [-0.15, -0.1) is 0 Å². The van der Waals surface area contributed by atoms with Gasteiger partial charge in [0.25, 0.3) is 0 Å². The summed E-state index contributed by atoms with van der Waals surface area (Å²) in [5.74, 6) is 1.29. The molecule has 1 aromatic carbocycles. The van der Waals surface area contributed by atoms with Gasteiger partial charge in [-0.2, -0.15) is 4.98 Å². The normalized spacial score (nSPS) is 18.5. The van der Waals surface area contributed by atoms with Gasteiger partial charge < -0.3 is 9.26 Å². The zero-order valence-corrected chi connectivity index (χ0v) is 14.1. The summed E-state index contributed by atoms with van der Waals surface area (Å²) in [5, 5.41) is 4.78. The van der Waals surface area contributed by atoms with E-state index >= 15 is 0 Å². The molecule has 0 amide bonds. The van der Waals surface area contributed by atoms with E-state index in [1.807, 2.05) is 24.3 Å². The highest BCUT2D eigenvalue weighted by Crippen LogP contribution is 2.18. The maximum absolute atomic E-state index is 6.17. The van der Waals surface area contributed by atoms with Gasteiger partial charge in [0.15, 0.2) is 5.82 Å². The Balaban J connectivity index is 1.53. The molecule has 2 aromatic rings. The Morgan fingerprint density at radius 1 is 1.30 bits per heavy atom. The predicted octanol–water partition coefficient (Wildman–Crippen LogP) is 3.31. The lowest BCUT2D eigenvalue weighted by atomic mass is 10.1. The average molecular weight is 336 g/mol. The Bertz CT molecular complexity index is 626. The van der Waals surface area contributed by atoms with Crippen molar-refractivity contribution in [2.45, 2.75) is 38.3 Å². The molecule has 1 aromatic heterocycles. The van der Waals surface area contributed by atoms with E-state index < -0.39 is 0 Å². The highest BCUT2D eigenvalue weighted by Gasteiger charge is 2.17. The van der Waals surface area contributed by atoms with Crippen molar-refractivity contribution in [2.75, 3.05) is 20.2 Å². The third-order valence-electron chi connectivity index (χ3n) is 4.01. The molecule has 124 valence electrons. The van der Waals surface area contributed by atoms with Crippen molar-refractivity contribution in [3.8, 4) is 0 Å². The Kier molecular flexibility index (Phi) is 5.65. The Morgan fingerprint density at radius 3 is 2.96 bits per heavy atom. The summed E-state index contributed by atoms with van der Waals surface area (Å²) in [6.45, 7) is 2.40. The van der Waals surface area contributed by atoms with Crippen molar-refractivity contribution in [3.05, 3.63) is 46.6 Å². The Labute approximate surface area is 141 Å². The van der Waals surface area contributed by atoms with Crippen molar-refractivity contribution >= 4 is 11.6 Å². The molecular weight excluding hydrogens is 314 g/mol. The van der Waals surface area contributed by atoms with E-state index in [4.69, 9.17) is 20.9 Å². The van der Waals surface area contributed by atoms with Crippen LogP contribution in [-0.4, -0.2) is 41.3 Å². The summed E-state index contributed by atoms with van der Waals surface area (Å²) in [6, 6.07) is 7.72. The molecule has 0 N–H and O–H groups in total. The molecule has 1 saturated heterocycles. The van der Waals surface area contributed by atoms with E-state index in [9.17, 15) is 0 Å². The van der Waals surface area contributed by atoms with Crippen LogP contribution in [0.5, 0.6) is 0 Å². The molecule has 1 aliphatic rings. The van der Waals surface area contributed by atoms with Gasteiger partial charge in [-0.05, 0) is 37.9 Å². The SMILES string of the molecule is CN(Cc1nc(Cc2ccccc2Cl)no1)C[C@@H]1CCCCO1. The molecule has 0 saturated carbocycles. The van der Waals surface area contributed by atoms with Gasteiger partial charge in [0.1, 0.15) is 0 Å². The summed E-state index contributed by atoms with van der Waals surface area (Å²) >= 11 is 6.17. The second-order valence-electron chi connectivity index (χ2n) is 6.06. The van der Waals surface area contributed by atoms with Crippen LogP contribution < -0.4 is 0 Å². The highest BCUT2D eigenvalue weighted by atomic mass is 35.5. The summed E-state index contributed by atoms with van der Waals surface area (Å²) in [4.78, 5) is 6.63. The molecule has 1 aliphatic heterocycles. The minimum absolute atomic E-state index is 0.319. The van der Waals surface area contributed by atoms with Crippen LogP contribution in [0.2, 0.25) is 5.02 Å². The number of rotatable bonds is 6. The van der Waals surface area contributed by atoms with Gasteiger partial charge in [-0.25, -0.2) is 0 Å². The Morgan fingerprint density at radius 2 is 2.17 bits per heavy atom. The fraction of sp³-hybridized carbons (Fsp3) is 0.529. The largest absolute Gasteiger partial charge is 0.377 e. The van der Waals surface area contributed by atoms with Gasteiger partial charge in [0, 0.05) is 24.6 Å². The van der Waals surface area contributed by atoms with Gasteiger partial charge in [-0.1, -0.05) is 35.0 Å². The molecule has 5 nitrogen and oxygen atoms in total. The summed E-state index contributed by atoms with van der Waals surface area (Å²) in [5.41, 5.74) is 1.01. The molecule has 0 radical (unpaired) electrons. The molecular formula is C17H22ClN3O2. The first kappa shape index (κ1) is 16.4. The standard InChI is InChI=1S/C17H22ClN3O2/c1-21(11-14-7-4-5-9-22-14)12-17-19-16(20-23-17)10-13-6-2-3-8-15(13)18/h2-3,6,8,14H,4-5,7,9-12H2,1H3/t14-/m0/s1. The number of ether oxygens (including phenoxy) is 1. The van der Waals surface area contributed by atoms with E-state index in [1.54, 1.807) is 0 Å². The lowest BCUT2D eigenvalue weighted by Crippen LogP contribution is -2.33. The third kappa shape index (κ3) is 4.77. The first-order chi connectivity index (χ1) is 11.2. The maximum Gasteiger partial charge on any atom is 0.240 e. The zero-order chi connectivity index (χ0) is 16.1.